The third-order valence-corrected chi connectivity index (χ3v) is 5.21. The largest absolute Gasteiger partial charge is 0.302 e. The van der Waals surface area contributed by atoms with Crippen molar-refractivity contribution >= 4 is 34.0 Å². The summed E-state index contributed by atoms with van der Waals surface area (Å²) in [5, 5.41) is 4.20. The molecule has 24 heavy (non-hydrogen) atoms. The predicted octanol–water partition coefficient (Wildman–Crippen LogP) is 4.87. The van der Waals surface area contributed by atoms with E-state index in [0.717, 1.165) is 34.4 Å². The average molecular weight is 356 g/mol. The highest BCUT2D eigenvalue weighted by Crippen LogP contribution is 2.39. The maximum atomic E-state index is 11.9. The van der Waals surface area contributed by atoms with Gasteiger partial charge in [0.2, 0.25) is 5.91 Å². The first-order valence-corrected chi connectivity index (χ1v) is 8.88. The average Bonchev–Trinajstić information content (AvgIpc) is 3.36. The number of pyridine rings is 1. The number of amides is 1. The molecule has 1 amide bonds. The molecule has 0 bridgehead atoms. The van der Waals surface area contributed by atoms with Gasteiger partial charge in [0.1, 0.15) is 0 Å². The van der Waals surface area contributed by atoms with Gasteiger partial charge in [0.25, 0.3) is 0 Å². The molecule has 0 atom stereocenters. The Balaban J connectivity index is 1.69. The molecule has 2 heterocycles. The number of carbonyl (C=O) groups is 1. The zero-order chi connectivity index (χ0) is 16.5. The normalized spacial score (nSPS) is 13.7. The van der Waals surface area contributed by atoms with Gasteiger partial charge in [0.15, 0.2) is 5.13 Å². The second-order valence-corrected chi connectivity index (χ2v) is 7.13. The SMILES string of the molecule is O=C(Nc1ncc(-c2ccncc2-c2ccccc2Cl)s1)C1CC1. The van der Waals surface area contributed by atoms with Crippen molar-refractivity contribution in [2.24, 2.45) is 5.92 Å². The third kappa shape index (κ3) is 3.05. The minimum atomic E-state index is 0.0666. The van der Waals surface area contributed by atoms with Crippen molar-refractivity contribution in [2.45, 2.75) is 12.8 Å². The van der Waals surface area contributed by atoms with Gasteiger partial charge in [-0.15, -0.1) is 0 Å². The number of thiazole rings is 1. The lowest BCUT2D eigenvalue weighted by molar-refractivity contribution is -0.117. The third-order valence-electron chi connectivity index (χ3n) is 3.93. The zero-order valence-electron chi connectivity index (χ0n) is 12.7. The Bertz CT molecular complexity index is 905. The Labute approximate surface area is 148 Å². The lowest BCUT2D eigenvalue weighted by atomic mass is 10.0. The molecule has 1 aliphatic carbocycles. The molecule has 0 spiro atoms. The van der Waals surface area contributed by atoms with Crippen LogP contribution in [0.4, 0.5) is 5.13 Å². The van der Waals surface area contributed by atoms with Crippen molar-refractivity contribution in [3.8, 4) is 21.6 Å². The first-order valence-electron chi connectivity index (χ1n) is 7.68. The van der Waals surface area contributed by atoms with Gasteiger partial charge in [-0.3, -0.25) is 9.78 Å². The summed E-state index contributed by atoms with van der Waals surface area (Å²) < 4.78 is 0. The van der Waals surface area contributed by atoms with E-state index in [4.69, 9.17) is 11.6 Å². The number of hydrogen-bond donors (Lipinski definition) is 1. The number of carbonyl (C=O) groups excluding carboxylic acids is 1. The van der Waals surface area contributed by atoms with E-state index >= 15 is 0 Å². The smallest absolute Gasteiger partial charge is 0.229 e. The van der Waals surface area contributed by atoms with Crippen LogP contribution in [0.2, 0.25) is 5.02 Å². The van der Waals surface area contributed by atoms with Crippen molar-refractivity contribution in [3.05, 3.63) is 53.9 Å². The van der Waals surface area contributed by atoms with E-state index in [1.54, 1.807) is 18.6 Å². The second kappa shape index (κ2) is 6.34. The van der Waals surface area contributed by atoms with Crippen LogP contribution in [0.3, 0.4) is 0 Å². The molecule has 3 aromatic rings. The van der Waals surface area contributed by atoms with E-state index in [2.05, 4.69) is 15.3 Å². The van der Waals surface area contributed by atoms with Gasteiger partial charge in [-0.1, -0.05) is 41.1 Å². The predicted molar refractivity (Wildman–Crippen MR) is 97.1 cm³/mol. The summed E-state index contributed by atoms with van der Waals surface area (Å²) in [6.07, 6.45) is 7.29. The Morgan fingerprint density at radius 3 is 2.75 bits per heavy atom. The number of halogens is 1. The van der Waals surface area contributed by atoms with Gasteiger partial charge >= 0.3 is 0 Å². The molecule has 1 fully saturated rings. The van der Waals surface area contributed by atoms with Crippen LogP contribution in [0, 0.1) is 5.92 Å². The summed E-state index contributed by atoms with van der Waals surface area (Å²) in [7, 11) is 0. The van der Waals surface area contributed by atoms with E-state index in [-0.39, 0.29) is 11.8 Å². The van der Waals surface area contributed by atoms with E-state index in [1.165, 1.54) is 11.3 Å². The van der Waals surface area contributed by atoms with Crippen LogP contribution >= 0.6 is 22.9 Å². The highest BCUT2D eigenvalue weighted by Gasteiger charge is 2.30. The fraction of sp³-hybridized carbons (Fsp3) is 0.167. The Hall–Kier alpha value is -2.24. The van der Waals surface area contributed by atoms with Crippen molar-refractivity contribution in [1.82, 2.24) is 9.97 Å². The van der Waals surface area contributed by atoms with Gasteiger partial charge in [-0.25, -0.2) is 4.98 Å². The van der Waals surface area contributed by atoms with Crippen LogP contribution in [0.5, 0.6) is 0 Å². The van der Waals surface area contributed by atoms with Crippen LogP contribution < -0.4 is 5.32 Å². The molecule has 2 aromatic heterocycles. The fourth-order valence-electron chi connectivity index (χ4n) is 2.51. The molecule has 6 heteroatoms. The maximum Gasteiger partial charge on any atom is 0.229 e. The number of aromatic nitrogens is 2. The van der Waals surface area contributed by atoms with E-state index in [9.17, 15) is 4.79 Å². The summed E-state index contributed by atoms with van der Waals surface area (Å²) in [5.41, 5.74) is 2.88. The van der Waals surface area contributed by atoms with Crippen molar-refractivity contribution in [2.75, 3.05) is 5.32 Å². The minimum Gasteiger partial charge on any atom is -0.302 e. The van der Waals surface area contributed by atoms with Gasteiger partial charge in [0, 0.05) is 46.2 Å². The molecule has 1 N–H and O–H groups in total. The number of nitrogens with zero attached hydrogens (tertiary/aromatic N) is 2. The minimum absolute atomic E-state index is 0.0666. The summed E-state index contributed by atoms with van der Waals surface area (Å²) in [4.78, 5) is 21.4. The number of rotatable bonds is 4. The highest BCUT2D eigenvalue weighted by molar-refractivity contribution is 7.19. The fourth-order valence-corrected chi connectivity index (χ4v) is 3.61. The molecular formula is C18H14ClN3OS. The van der Waals surface area contributed by atoms with Crippen LogP contribution in [-0.4, -0.2) is 15.9 Å². The molecular weight excluding hydrogens is 342 g/mol. The molecule has 0 unspecified atom stereocenters. The lowest BCUT2D eigenvalue weighted by Gasteiger charge is -2.08. The molecule has 4 rings (SSSR count). The number of nitrogens with one attached hydrogen (secondary N) is 1. The summed E-state index contributed by atoms with van der Waals surface area (Å²) in [5.74, 6) is 0.230. The van der Waals surface area contributed by atoms with Crippen molar-refractivity contribution in [1.29, 1.82) is 0 Å². The topological polar surface area (TPSA) is 54.9 Å². The van der Waals surface area contributed by atoms with Crippen LogP contribution in [-0.2, 0) is 4.79 Å². The molecule has 4 nitrogen and oxygen atoms in total. The van der Waals surface area contributed by atoms with Crippen molar-refractivity contribution in [3.63, 3.8) is 0 Å². The summed E-state index contributed by atoms with van der Waals surface area (Å²) in [6.45, 7) is 0. The molecule has 1 aromatic carbocycles. The van der Waals surface area contributed by atoms with Gasteiger partial charge in [0.05, 0.1) is 4.88 Å². The monoisotopic (exact) mass is 355 g/mol. The number of benzene rings is 1. The summed E-state index contributed by atoms with van der Waals surface area (Å²) >= 11 is 7.80. The van der Waals surface area contributed by atoms with Gasteiger partial charge in [-0.2, -0.15) is 0 Å². The quantitative estimate of drug-likeness (QED) is 0.726. The highest BCUT2D eigenvalue weighted by atomic mass is 35.5. The Morgan fingerprint density at radius 2 is 1.96 bits per heavy atom. The molecule has 0 radical (unpaired) electrons. The molecule has 0 aliphatic heterocycles. The van der Waals surface area contributed by atoms with Crippen LogP contribution in [0.25, 0.3) is 21.6 Å². The molecule has 1 saturated carbocycles. The standard InChI is InChI=1S/C18H14ClN3OS/c19-15-4-2-1-3-12(15)14-9-20-8-7-13(14)16-10-21-18(24-16)22-17(23)11-5-6-11/h1-4,7-11H,5-6H2,(H,21,22,23). The van der Waals surface area contributed by atoms with Crippen LogP contribution in [0.15, 0.2) is 48.9 Å². The van der Waals surface area contributed by atoms with Crippen molar-refractivity contribution < 1.29 is 4.79 Å². The van der Waals surface area contributed by atoms with Crippen LogP contribution in [0.1, 0.15) is 12.8 Å². The first kappa shape index (κ1) is 15.3. The van der Waals surface area contributed by atoms with E-state index in [1.807, 2.05) is 30.3 Å². The van der Waals surface area contributed by atoms with E-state index in [0.29, 0.717) is 10.2 Å². The second-order valence-electron chi connectivity index (χ2n) is 5.69. The molecule has 0 saturated heterocycles. The van der Waals surface area contributed by atoms with E-state index < -0.39 is 0 Å². The first-order chi connectivity index (χ1) is 11.7. The molecule has 1 aliphatic rings. The lowest BCUT2D eigenvalue weighted by Crippen LogP contribution is -2.12. The number of hydrogen-bond acceptors (Lipinski definition) is 4. The Morgan fingerprint density at radius 1 is 1.12 bits per heavy atom. The number of anilines is 1. The van der Waals surface area contributed by atoms with Gasteiger partial charge < -0.3 is 5.32 Å². The van der Waals surface area contributed by atoms with Gasteiger partial charge in [-0.05, 0) is 25.0 Å². The zero-order valence-corrected chi connectivity index (χ0v) is 14.3. The summed E-state index contributed by atoms with van der Waals surface area (Å²) in [6, 6.07) is 9.63. The maximum absolute atomic E-state index is 11.9. The molecule has 120 valence electrons. The Kier molecular flexibility index (Phi) is 4.04.